The van der Waals surface area contributed by atoms with Crippen molar-refractivity contribution < 1.29 is 24.1 Å². The number of aromatic amines is 1. The fourth-order valence-electron chi connectivity index (χ4n) is 4.43. The molecule has 3 aromatic rings. The summed E-state index contributed by atoms with van der Waals surface area (Å²) in [6.07, 6.45) is 1.66. The van der Waals surface area contributed by atoms with E-state index in [-0.39, 0.29) is 11.7 Å². The molecule has 178 valence electrons. The molecule has 2 heterocycles. The third-order valence-corrected chi connectivity index (χ3v) is 5.96. The molecule has 1 aliphatic heterocycles. The van der Waals surface area contributed by atoms with Gasteiger partial charge in [0.15, 0.2) is 11.5 Å². The Bertz CT molecular complexity index is 1230. The number of carbonyl (C=O) groups excluding carboxylic acids is 1. The van der Waals surface area contributed by atoms with Gasteiger partial charge in [0.1, 0.15) is 23.7 Å². The highest BCUT2D eigenvalue weighted by molar-refractivity contribution is 6.00. The van der Waals surface area contributed by atoms with E-state index in [4.69, 9.17) is 14.2 Å². The number of H-pyrrole nitrogens is 1. The van der Waals surface area contributed by atoms with Crippen molar-refractivity contribution in [2.24, 2.45) is 0 Å². The molecule has 8 heteroatoms. The molecule has 1 atom stereocenters. The monoisotopic (exact) mass is 463 g/mol. The molecule has 1 amide bonds. The van der Waals surface area contributed by atoms with Gasteiger partial charge in [-0.15, -0.1) is 0 Å². The first-order valence-electron chi connectivity index (χ1n) is 11.0. The molecule has 4 rings (SSSR count). The molecule has 0 bridgehead atoms. The number of nitrogens with one attached hydrogen (secondary N) is 1. The Morgan fingerprint density at radius 1 is 1.21 bits per heavy atom. The molecule has 0 saturated heterocycles. The van der Waals surface area contributed by atoms with Crippen LogP contribution in [-0.4, -0.2) is 60.1 Å². The van der Waals surface area contributed by atoms with Crippen LogP contribution in [0.5, 0.6) is 17.2 Å². The van der Waals surface area contributed by atoms with Crippen molar-refractivity contribution in [1.29, 1.82) is 0 Å². The SMILES string of the molecule is C=CCOc1ccc(C2c3c(-c4cc(C)cc(C)c4O)n[nH]c3C(=O)N2CCOC)cc1OC. The Labute approximate surface area is 198 Å². The smallest absolute Gasteiger partial charge is 0.273 e. The maximum absolute atomic E-state index is 13.4. The first-order chi connectivity index (χ1) is 16.4. The minimum absolute atomic E-state index is 0.146. The molecule has 2 N–H and O–H groups in total. The van der Waals surface area contributed by atoms with E-state index in [1.165, 1.54) is 0 Å². The lowest BCUT2D eigenvalue weighted by atomic mass is 9.94. The number of amides is 1. The number of benzene rings is 2. The van der Waals surface area contributed by atoms with Gasteiger partial charge >= 0.3 is 0 Å². The van der Waals surface area contributed by atoms with Gasteiger partial charge in [0.05, 0.1) is 19.8 Å². The highest BCUT2D eigenvalue weighted by Crippen LogP contribution is 2.46. The Morgan fingerprint density at radius 3 is 2.71 bits per heavy atom. The number of nitrogens with zero attached hydrogens (tertiary/aromatic N) is 2. The fourth-order valence-corrected chi connectivity index (χ4v) is 4.43. The van der Waals surface area contributed by atoms with Crippen LogP contribution in [-0.2, 0) is 4.74 Å². The molecule has 0 aliphatic carbocycles. The molecule has 2 aromatic carbocycles. The molecule has 34 heavy (non-hydrogen) atoms. The van der Waals surface area contributed by atoms with Crippen molar-refractivity contribution in [3.63, 3.8) is 0 Å². The summed E-state index contributed by atoms with van der Waals surface area (Å²) >= 11 is 0. The van der Waals surface area contributed by atoms with Crippen molar-refractivity contribution in [2.45, 2.75) is 19.9 Å². The Kier molecular flexibility index (Phi) is 6.61. The molecule has 0 spiro atoms. The van der Waals surface area contributed by atoms with Gasteiger partial charge in [0.25, 0.3) is 5.91 Å². The number of fused-ring (bicyclic) bond motifs is 1. The zero-order valence-electron chi connectivity index (χ0n) is 19.8. The van der Waals surface area contributed by atoms with Crippen LogP contribution in [0.1, 0.15) is 38.8 Å². The van der Waals surface area contributed by atoms with E-state index in [0.717, 1.165) is 16.7 Å². The van der Waals surface area contributed by atoms with E-state index in [1.54, 1.807) is 25.2 Å². The van der Waals surface area contributed by atoms with Crippen LogP contribution in [0.15, 0.2) is 43.0 Å². The maximum atomic E-state index is 13.4. The summed E-state index contributed by atoms with van der Waals surface area (Å²) in [5.41, 5.74) is 4.81. The third-order valence-electron chi connectivity index (χ3n) is 5.96. The van der Waals surface area contributed by atoms with E-state index < -0.39 is 6.04 Å². The number of aromatic nitrogens is 2. The predicted octanol–water partition coefficient (Wildman–Crippen LogP) is 4.16. The Morgan fingerprint density at radius 2 is 2.00 bits per heavy atom. The number of phenolic OH excluding ortho intramolecular Hbond substituents is 1. The molecule has 0 saturated carbocycles. The largest absolute Gasteiger partial charge is 0.507 e. The summed E-state index contributed by atoms with van der Waals surface area (Å²) in [4.78, 5) is 15.1. The van der Waals surface area contributed by atoms with Gasteiger partial charge in [0.2, 0.25) is 0 Å². The van der Waals surface area contributed by atoms with Crippen molar-refractivity contribution in [1.82, 2.24) is 15.1 Å². The number of hydrogen-bond acceptors (Lipinski definition) is 6. The standard InChI is InChI=1S/C26H29N3O5/c1-6-10-34-19-8-7-17(14-20(19)33-5)24-21-22(18-13-15(2)12-16(3)25(18)30)27-28-23(21)26(31)29(24)9-11-32-4/h6-8,12-14,24,30H,1,9-11H2,2-5H3,(H,27,28). The number of ether oxygens (including phenoxy) is 3. The summed E-state index contributed by atoms with van der Waals surface area (Å²) in [6, 6.07) is 8.93. The number of aryl methyl sites for hydroxylation is 2. The minimum atomic E-state index is -0.450. The lowest BCUT2D eigenvalue weighted by molar-refractivity contribution is 0.0677. The quantitative estimate of drug-likeness (QED) is 0.463. The van der Waals surface area contributed by atoms with Crippen molar-refractivity contribution in [3.8, 4) is 28.5 Å². The summed E-state index contributed by atoms with van der Waals surface area (Å²) in [7, 11) is 3.18. The summed E-state index contributed by atoms with van der Waals surface area (Å²) < 4.78 is 16.5. The molecule has 0 radical (unpaired) electrons. The molecule has 1 unspecified atom stereocenters. The first-order valence-corrected chi connectivity index (χ1v) is 11.0. The predicted molar refractivity (Wildman–Crippen MR) is 129 cm³/mol. The topological polar surface area (TPSA) is 96.9 Å². The van der Waals surface area contributed by atoms with Crippen LogP contribution in [0.4, 0.5) is 0 Å². The number of phenols is 1. The average molecular weight is 464 g/mol. The summed E-state index contributed by atoms with van der Waals surface area (Å²) in [6.45, 7) is 8.60. The molecule has 8 nitrogen and oxygen atoms in total. The van der Waals surface area contributed by atoms with E-state index in [2.05, 4.69) is 16.8 Å². The van der Waals surface area contributed by atoms with E-state index in [1.807, 2.05) is 44.2 Å². The summed E-state index contributed by atoms with van der Waals surface area (Å²) in [5.74, 6) is 1.10. The number of aromatic hydroxyl groups is 1. The van der Waals surface area contributed by atoms with Gasteiger partial charge in [0, 0.05) is 24.8 Å². The third kappa shape index (κ3) is 4.01. The second-order valence-corrected chi connectivity index (χ2v) is 8.24. The van der Waals surface area contributed by atoms with Crippen LogP contribution < -0.4 is 9.47 Å². The number of rotatable bonds is 9. The van der Waals surface area contributed by atoms with Gasteiger partial charge in [-0.25, -0.2) is 0 Å². The normalized spacial score (nSPS) is 14.9. The minimum Gasteiger partial charge on any atom is -0.507 e. The Hall–Kier alpha value is -3.78. The van der Waals surface area contributed by atoms with E-state index in [9.17, 15) is 9.90 Å². The van der Waals surface area contributed by atoms with E-state index in [0.29, 0.717) is 53.8 Å². The Balaban J connectivity index is 1.88. The highest BCUT2D eigenvalue weighted by atomic mass is 16.5. The van der Waals surface area contributed by atoms with Gasteiger partial charge in [-0.1, -0.05) is 24.8 Å². The lowest BCUT2D eigenvalue weighted by Crippen LogP contribution is -2.32. The molecule has 1 aliphatic rings. The van der Waals surface area contributed by atoms with Gasteiger partial charge < -0.3 is 24.2 Å². The lowest BCUT2D eigenvalue weighted by Gasteiger charge is -2.27. The second-order valence-electron chi connectivity index (χ2n) is 8.24. The van der Waals surface area contributed by atoms with Gasteiger partial charge in [-0.05, 0) is 48.7 Å². The number of methoxy groups -OCH3 is 2. The number of hydrogen-bond donors (Lipinski definition) is 2. The van der Waals surface area contributed by atoms with Crippen molar-refractivity contribution in [3.05, 3.63) is 70.9 Å². The molecule has 0 fully saturated rings. The maximum Gasteiger partial charge on any atom is 0.273 e. The zero-order valence-corrected chi connectivity index (χ0v) is 19.8. The molecule has 1 aromatic heterocycles. The van der Waals surface area contributed by atoms with Crippen LogP contribution in [0.25, 0.3) is 11.3 Å². The highest BCUT2D eigenvalue weighted by Gasteiger charge is 2.42. The van der Waals surface area contributed by atoms with Crippen LogP contribution >= 0.6 is 0 Å². The van der Waals surface area contributed by atoms with Crippen LogP contribution in [0.2, 0.25) is 0 Å². The molecular weight excluding hydrogens is 434 g/mol. The van der Waals surface area contributed by atoms with Gasteiger partial charge in [-0.3, -0.25) is 9.89 Å². The van der Waals surface area contributed by atoms with E-state index >= 15 is 0 Å². The second kappa shape index (κ2) is 9.61. The first kappa shape index (κ1) is 23.4. The van der Waals surface area contributed by atoms with Crippen molar-refractivity contribution in [2.75, 3.05) is 34.0 Å². The average Bonchev–Trinajstić information content (AvgIpc) is 3.37. The van der Waals surface area contributed by atoms with Gasteiger partial charge in [-0.2, -0.15) is 5.10 Å². The zero-order chi connectivity index (χ0) is 24.4. The fraction of sp³-hybridized carbons (Fsp3) is 0.308. The van der Waals surface area contributed by atoms with Crippen molar-refractivity contribution >= 4 is 5.91 Å². The molecular formula is C26H29N3O5. The van der Waals surface area contributed by atoms with Crippen LogP contribution in [0.3, 0.4) is 0 Å². The number of carbonyl (C=O) groups is 1. The van der Waals surface area contributed by atoms with Crippen LogP contribution in [0, 0.1) is 13.8 Å². The summed E-state index contributed by atoms with van der Waals surface area (Å²) in [5, 5.41) is 18.2.